The standard InChI is InChI=1S/C16H21NO/c1-3-6-13-7-5-8-14(11-13)15-9-10-18-16(15)12-17-4-2/h5,7-11,17H,3-4,6,12H2,1-2H3. The van der Waals surface area contributed by atoms with E-state index in [1.165, 1.54) is 23.1 Å². The summed E-state index contributed by atoms with van der Waals surface area (Å²) < 4.78 is 5.56. The van der Waals surface area contributed by atoms with Crippen molar-refractivity contribution in [3.05, 3.63) is 47.9 Å². The third-order valence-corrected chi connectivity index (χ3v) is 3.06. The average molecular weight is 243 g/mol. The lowest BCUT2D eigenvalue weighted by atomic mass is 10.0. The molecule has 1 aromatic heterocycles. The molecule has 0 saturated carbocycles. The molecule has 0 saturated heterocycles. The van der Waals surface area contributed by atoms with Crippen LogP contribution in [-0.4, -0.2) is 6.54 Å². The van der Waals surface area contributed by atoms with E-state index in [1.54, 1.807) is 6.26 Å². The van der Waals surface area contributed by atoms with E-state index in [-0.39, 0.29) is 0 Å². The van der Waals surface area contributed by atoms with E-state index < -0.39 is 0 Å². The van der Waals surface area contributed by atoms with Crippen LogP contribution in [-0.2, 0) is 13.0 Å². The molecule has 96 valence electrons. The van der Waals surface area contributed by atoms with E-state index in [9.17, 15) is 0 Å². The molecule has 1 aromatic carbocycles. The summed E-state index contributed by atoms with van der Waals surface area (Å²) in [4.78, 5) is 0. The first-order chi connectivity index (χ1) is 8.85. The van der Waals surface area contributed by atoms with Gasteiger partial charge in [0, 0.05) is 5.56 Å². The van der Waals surface area contributed by atoms with Gasteiger partial charge in [0.15, 0.2) is 0 Å². The largest absolute Gasteiger partial charge is 0.467 e. The SMILES string of the molecule is CCCc1cccc(-c2ccoc2CNCC)c1. The number of furan rings is 1. The van der Waals surface area contributed by atoms with Crippen LogP contribution in [0.15, 0.2) is 41.0 Å². The normalized spacial score (nSPS) is 10.8. The van der Waals surface area contributed by atoms with E-state index in [0.717, 1.165) is 25.3 Å². The van der Waals surface area contributed by atoms with Gasteiger partial charge < -0.3 is 9.73 Å². The fraction of sp³-hybridized carbons (Fsp3) is 0.375. The number of hydrogen-bond donors (Lipinski definition) is 1. The predicted octanol–water partition coefficient (Wildman–Crippen LogP) is 4.01. The van der Waals surface area contributed by atoms with Gasteiger partial charge in [-0.2, -0.15) is 0 Å². The van der Waals surface area contributed by atoms with Gasteiger partial charge in [0.25, 0.3) is 0 Å². The zero-order chi connectivity index (χ0) is 12.8. The second-order valence-electron chi connectivity index (χ2n) is 4.49. The van der Waals surface area contributed by atoms with Crippen molar-refractivity contribution in [2.24, 2.45) is 0 Å². The van der Waals surface area contributed by atoms with Gasteiger partial charge in [-0.15, -0.1) is 0 Å². The molecule has 1 heterocycles. The smallest absolute Gasteiger partial charge is 0.125 e. The van der Waals surface area contributed by atoms with Crippen LogP contribution in [0.1, 0.15) is 31.6 Å². The Bertz CT molecular complexity index is 487. The van der Waals surface area contributed by atoms with Gasteiger partial charge in [-0.3, -0.25) is 0 Å². The molecule has 0 atom stereocenters. The van der Waals surface area contributed by atoms with Crippen LogP contribution in [0.25, 0.3) is 11.1 Å². The third kappa shape index (κ3) is 3.02. The lowest BCUT2D eigenvalue weighted by Gasteiger charge is -2.06. The van der Waals surface area contributed by atoms with Crippen molar-refractivity contribution in [2.45, 2.75) is 33.2 Å². The first kappa shape index (κ1) is 12.9. The summed E-state index contributed by atoms with van der Waals surface area (Å²) in [5, 5.41) is 3.31. The van der Waals surface area contributed by atoms with Crippen LogP contribution in [0, 0.1) is 0 Å². The van der Waals surface area contributed by atoms with Crippen molar-refractivity contribution in [1.29, 1.82) is 0 Å². The van der Waals surface area contributed by atoms with E-state index in [4.69, 9.17) is 4.42 Å². The Labute approximate surface area is 109 Å². The average Bonchev–Trinajstić information content (AvgIpc) is 2.85. The molecule has 0 amide bonds. The quantitative estimate of drug-likeness (QED) is 0.829. The highest BCUT2D eigenvalue weighted by Crippen LogP contribution is 2.26. The van der Waals surface area contributed by atoms with Crippen LogP contribution in [0.3, 0.4) is 0 Å². The summed E-state index contributed by atoms with van der Waals surface area (Å²) in [6.45, 7) is 6.05. The second-order valence-corrected chi connectivity index (χ2v) is 4.49. The van der Waals surface area contributed by atoms with Gasteiger partial charge >= 0.3 is 0 Å². The molecular weight excluding hydrogens is 222 g/mol. The Morgan fingerprint density at radius 1 is 1.17 bits per heavy atom. The number of aryl methyl sites for hydroxylation is 1. The van der Waals surface area contributed by atoms with Gasteiger partial charge in [0.1, 0.15) is 5.76 Å². The molecule has 0 aliphatic heterocycles. The molecule has 2 aromatic rings. The summed E-state index contributed by atoms with van der Waals surface area (Å²) in [5.41, 5.74) is 3.85. The molecule has 0 spiro atoms. The molecule has 0 unspecified atom stereocenters. The Morgan fingerprint density at radius 2 is 2.06 bits per heavy atom. The molecule has 2 heteroatoms. The van der Waals surface area contributed by atoms with Gasteiger partial charge in [0.2, 0.25) is 0 Å². The summed E-state index contributed by atoms with van der Waals surface area (Å²) in [7, 11) is 0. The molecule has 0 fully saturated rings. The first-order valence-corrected chi connectivity index (χ1v) is 6.71. The zero-order valence-electron chi connectivity index (χ0n) is 11.2. The summed E-state index contributed by atoms with van der Waals surface area (Å²) in [6.07, 6.45) is 4.09. The maximum Gasteiger partial charge on any atom is 0.125 e. The molecule has 1 N–H and O–H groups in total. The van der Waals surface area contributed by atoms with Gasteiger partial charge in [0.05, 0.1) is 12.8 Å². The van der Waals surface area contributed by atoms with E-state index >= 15 is 0 Å². The lowest BCUT2D eigenvalue weighted by molar-refractivity contribution is 0.489. The number of rotatable bonds is 6. The summed E-state index contributed by atoms with van der Waals surface area (Å²) in [6, 6.07) is 10.8. The van der Waals surface area contributed by atoms with Crippen molar-refractivity contribution in [3.8, 4) is 11.1 Å². The zero-order valence-corrected chi connectivity index (χ0v) is 11.2. The molecule has 0 bridgehead atoms. The lowest BCUT2D eigenvalue weighted by Crippen LogP contribution is -2.11. The van der Waals surface area contributed by atoms with Crippen molar-refractivity contribution in [2.75, 3.05) is 6.54 Å². The Balaban J connectivity index is 2.24. The topological polar surface area (TPSA) is 25.2 Å². The van der Waals surface area contributed by atoms with Crippen molar-refractivity contribution < 1.29 is 4.42 Å². The van der Waals surface area contributed by atoms with E-state index in [1.807, 2.05) is 0 Å². The minimum Gasteiger partial charge on any atom is -0.467 e. The molecule has 0 aliphatic rings. The van der Waals surface area contributed by atoms with Gasteiger partial charge in [-0.1, -0.05) is 44.5 Å². The fourth-order valence-electron chi connectivity index (χ4n) is 2.16. The van der Waals surface area contributed by atoms with Crippen molar-refractivity contribution in [3.63, 3.8) is 0 Å². The Kier molecular flexibility index (Phi) is 4.59. The number of benzene rings is 1. The highest BCUT2D eigenvalue weighted by molar-refractivity contribution is 5.66. The molecule has 2 nitrogen and oxygen atoms in total. The third-order valence-electron chi connectivity index (χ3n) is 3.06. The minimum atomic E-state index is 0.789. The van der Waals surface area contributed by atoms with Crippen molar-refractivity contribution >= 4 is 0 Å². The highest BCUT2D eigenvalue weighted by atomic mass is 16.3. The Morgan fingerprint density at radius 3 is 2.83 bits per heavy atom. The minimum absolute atomic E-state index is 0.789. The van der Waals surface area contributed by atoms with Gasteiger partial charge in [-0.05, 0) is 30.2 Å². The monoisotopic (exact) mass is 243 g/mol. The summed E-state index contributed by atoms with van der Waals surface area (Å²) in [5.74, 6) is 1.02. The van der Waals surface area contributed by atoms with Crippen LogP contribution < -0.4 is 5.32 Å². The molecule has 2 rings (SSSR count). The molecule has 0 radical (unpaired) electrons. The first-order valence-electron chi connectivity index (χ1n) is 6.71. The van der Waals surface area contributed by atoms with Crippen LogP contribution in [0.4, 0.5) is 0 Å². The van der Waals surface area contributed by atoms with Crippen LogP contribution >= 0.6 is 0 Å². The van der Waals surface area contributed by atoms with Crippen molar-refractivity contribution in [1.82, 2.24) is 5.32 Å². The Hall–Kier alpha value is -1.54. The van der Waals surface area contributed by atoms with Crippen LogP contribution in [0.5, 0.6) is 0 Å². The molecule has 0 aliphatic carbocycles. The predicted molar refractivity (Wildman–Crippen MR) is 75.5 cm³/mol. The summed E-state index contributed by atoms with van der Waals surface area (Å²) >= 11 is 0. The van der Waals surface area contributed by atoms with Crippen LogP contribution in [0.2, 0.25) is 0 Å². The van der Waals surface area contributed by atoms with Gasteiger partial charge in [-0.25, -0.2) is 0 Å². The fourth-order valence-corrected chi connectivity index (χ4v) is 2.16. The van der Waals surface area contributed by atoms with E-state index in [0.29, 0.717) is 0 Å². The highest BCUT2D eigenvalue weighted by Gasteiger charge is 2.08. The maximum absolute atomic E-state index is 5.56. The second kappa shape index (κ2) is 6.41. The molecular formula is C16H21NO. The maximum atomic E-state index is 5.56. The van der Waals surface area contributed by atoms with E-state index in [2.05, 4.69) is 49.5 Å². The molecule has 18 heavy (non-hydrogen) atoms. The number of hydrogen-bond acceptors (Lipinski definition) is 2. The number of nitrogens with one attached hydrogen (secondary N) is 1.